The van der Waals surface area contributed by atoms with E-state index in [1.54, 1.807) is 0 Å². The fourth-order valence-corrected chi connectivity index (χ4v) is 1.62. The molecule has 3 N–H and O–H groups in total. The minimum atomic E-state index is -0.645. The molecule has 0 aromatic heterocycles. The van der Waals surface area contributed by atoms with Crippen molar-refractivity contribution >= 4 is 5.97 Å². The molecule has 0 aliphatic carbocycles. The standard InChI is InChI=1S/C14H20O5/c1-9(2)5-3-4-6-19-14(18)10-7-11(15)13(17)12(16)8-10/h7-9,15-17H,3-6H2,1-2H3. The lowest BCUT2D eigenvalue weighted by atomic mass is 10.1. The van der Waals surface area contributed by atoms with Crippen molar-refractivity contribution in [3.05, 3.63) is 17.7 Å². The average Bonchev–Trinajstić information content (AvgIpc) is 2.34. The third-order valence-corrected chi connectivity index (χ3v) is 2.71. The van der Waals surface area contributed by atoms with Crippen LogP contribution in [0.15, 0.2) is 12.1 Å². The molecule has 106 valence electrons. The predicted octanol–water partition coefficient (Wildman–Crippen LogP) is 2.79. The first-order valence-corrected chi connectivity index (χ1v) is 6.34. The fraction of sp³-hybridized carbons (Fsp3) is 0.500. The van der Waals surface area contributed by atoms with E-state index in [-0.39, 0.29) is 5.56 Å². The van der Waals surface area contributed by atoms with E-state index < -0.39 is 23.2 Å². The number of phenolic OH excluding ortho intramolecular Hbond substituents is 3. The zero-order valence-electron chi connectivity index (χ0n) is 11.2. The Kier molecular flexibility index (Phi) is 5.48. The van der Waals surface area contributed by atoms with Crippen LogP contribution in [0.4, 0.5) is 0 Å². The van der Waals surface area contributed by atoms with E-state index in [2.05, 4.69) is 13.8 Å². The third kappa shape index (κ3) is 4.69. The van der Waals surface area contributed by atoms with E-state index in [0.29, 0.717) is 12.5 Å². The van der Waals surface area contributed by atoms with Crippen LogP contribution in [0.1, 0.15) is 43.5 Å². The summed E-state index contributed by atoms with van der Waals surface area (Å²) in [6.45, 7) is 4.57. The zero-order chi connectivity index (χ0) is 14.4. The SMILES string of the molecule is CC(C)CCCCOC(=O)c1cc(O)c(O)c(O)c1. The molecule has 1 rings (SSSR count). The molecule has 0 atom stereocenters. The first-order chi connectivity index (χ1) is 8.91. The van der Waals surface area contributed by atoms with Crippen molar-refractivity contribution in [1.29, 1.82) is 0 Å². The molecular weight excluding hydrogens is 248 g/mol. The van der Waals surface area contributed by atoms with Crippen LogP contribution in [-0.2, 0) is 4.74 Å². The highest BCUT2D eigenvalue weighted by molar-refractivity contribution is 5.91. The molecule has 0 saturated carbocycles. The minimum Gasteiger partial charge on any atom is -0.504 e. The zero-order valence-corrected chi connectivity index (χ0v) is 11.2. The lowest BCUT2D eigenvalue weighted by Gasteiger charge is -2.07. The van der Waals surface area contributed by atoms with Crippen molar-refractivity contribution in [3.63, 3.8) is 0 Å². The highest BCUT2D eigenvalue weighted by Gasteiger charge is 2.14. The summed E-state index contributed by atoms with van der Waals surface area (Å²) in [5, 5.41) is 27.7. The highest BCUT2D eigenvalue weighted by atomic mass is 16.5. The number of aromatic hydroxyl groups is 3. The van der Waals surface area contributed by atoms with Gasteiger partial charge in [-0.1, -0.05) is 20.3 Å². The van der Waals surface area contributed by atoms with Crippen LogP contribution in [-0.4, -0.2) is 27.9 Å². The molecule has 0 fully saturated rings. The number of unbranched alkanes of at least 4 members (excludes halogenated alkanes) is 1. The number of hydrogen-bond donors (Lipinski definition) is 3. The molecule has 5 heteroatoms. The Bertz CT molecular complexity index is 416. The van der Waals surface area contributed by atoms with Gasteiger partial charge < -0.3 is 20.1 Å². The second-order valence-corrected chi connectivity index (χ2v) is 4.89. The fourth-order valence-electron chi connectivity index (χ4n) is 1.62. The van der Waals surface area contributed by atoms with E-state index in [1.165, 1.54) is 0 Å². The van der Waals surface area contributed by atoms with E-state index in [0.717, 1.165) is 31.4 Å². The molecule has 1 aromatic carbocycles. The Morgan fingerprint density at radius 1 is 1.16 bits per heavy atom. The van der Waals surface area contributed by atoms with Gasteiger partial charge in [-0.05, 0) is 30.9 Å². The molecule has 5 nitrogen and oxygen atoms in total. The monoisotopic (exact) mass is 268 g/mol. The second kappa shape index (κ2) is 6.87. The molecule has 0 radical (unpaired) electrons. The molecule has 0 aliphatic rings. The maximum Gasteiger partial charge on any atom is 0.338 e. The third-order valence-electron chi connectivity index (χ3n) is 2.71. The maximum absolute atomic E-state index is 11.6. The summed E-state index contributed by atoms with van der Waals surface area (Å²) in [6, 6.07) is 2.12. The lowest BCUT2D eigenvalue weighted by molar-refractivity contribution is 0.0496. The molecule has 0 saturated heterocycles. The molecule has 0 spiro atoms. The van der Waals surface area contributed by atoms with Crippen LogP contribution in [0.25, 0.3) is 0 Å². The van der Waals surface area contributed by atoms with Crippen molar-refractivity contribution in [3.8, 4) is 17.2 Å². The average molecular weight is 268 g/mol. The molecule has 19 heavy (non-hydrogen) atoms. The van der Waals surface area contributed by atoms with Crippen molar-refractivity contribution < 1.29 is 24.9 Å². The summed E-state index contributed by atoms with van der Waals surface area (Å²) in [4.78, 5) is 11.6. The van der Waals surface area contributed by atoms with E-state index in [1.807, 2.05) is 0 Å². The van der Waals surface area contributed by atoms with Crippen molar-refractivity contribution in [1.82, 2.24) is 0 Å². The van der Waals surface area contributed by atoms with Crippen LogP contribution in [0, 0.1) is 5.92 Å². The van der Waals surface area contributed by atoms with Gasteiger partial charge in [-0.3, -0.25) is 0 Å². The quantitative estimate of drug-likeness (QED) is 0.419. The minimum absolute atomic E-state index is 0.0108. The molecule has 0 unspecified atom stereocenters. The van der Waals surface area contributed by atoms with Gasteiger partial charge in [-0.25, -0.2) is 4.79 Å². The second-order valence-electron chi connectivity index (χ2n) is 4.89. The summed E-state index contributed by atoms with van der Waals surface area (Å²) in [6.07, 6.45) is 2.84. The number of ether oxygens (including phenoxy) is 1. The van der Waals surface area contributed by atoms with Crippen molar-refractivity contribution in [2.24, 2.45) is 5.92 Å². The van der Waals surface area contributed by atoms with Crippen LogP contribution in [0.3, 0.4) is 0 Å². The molecule has 1 aromatic rings. The van der Waals surface area contributed by atoms with Crippen LogP contribution in [0.2, 0.25) is 0 Å². The van der Waals surface area contributed by atoms with Crippen LogP contribution < -0.4 is 0 Å². The summed E-state index contributed by atoms with van der Waals surface area (Å²) in [7, 11) is 0. The van der Waals surface area contributed by atoms with Crippen LogP contribution in [0.5, 0.6) is 17.2 Å². The van der Waals surface area contributed by atoms with Gasteiger partial charge in [0, 0.05) is 0 Å². The predicted molar refractivity (Wildman–Crippen MR) is 70.4 cm³/mol. The summed E-state index contributed by atoms with van der Waals surface area (Å²) >= 11 is 0. The number of rotatable bonds is 6. The number of carbonyl (C=O) groups is 1. The number of carbonyl (C=O) groups excluding carboxylic acids is 1. The molecule has 0 bridgehead atoms. The van der Waals surface area contributed by atoms with E-state index >= 15 is 0 Å². The van der Waals surface area contributed by atoms with Gasteiger partial charge in [0.25, 0.3) is 0 Å². The Balaban J connectivity index is 2.46. The van der Waals surface area contributed by atoms with Crippen LogP contribution >= 0.6 is 0 Å². The topological polar surface area (TPSA) is 87.0 Å². The lowest BCUT2D eigenvalue weighted by Crippen LogP contribution is -2.06. The number of phenols is 3. The van der Waals surface area contributed by atoms with Crippen molar-refractivity contribution in [2.45, 2.75) is 33.1 Å². The Hall–Kier alpha value is -1.91. The first-order valence-electron chi connectivity index (χ1n) is 6.34. The summed E-state index contributed by atoms with van der Waals surface area (Å²) < 4.78 is 5.02. The Morgan fingerprint density at radius 3 is 2.26 bits per heavy atom. The number of esters is 1. The maximum atomic E-state index is 11.6. The molecular formula is C14H20O5. The molecule has 0 aliphatic heterocycles. The van der Waals surface area contributed by atoms with Gasteiger partial charge in [-0.15, -0.1) is 0 Å². The van der Waals surface area contributed by atoms with Gasteiger partial charge in [0.15, 0.2) is 17.2 Å². The van der Waals surface area contributed by atoms with E-state index in [9.17, 15) is 15.0 Å². The molecule has 0 heterocycles. The van der Waals surface area contributed by atoms with Gasteiger partial charge in [0.1, 0.15) is 0 Å². The Morgan fingerprint density at radius 2 is 1.74 bits per heavy atom. The summed E-state index contributed by atoms with van der Waals surface area (Å²) in [5.41, 5.74) is 0.0108. The smallest absolute Gasteiger partial charge is 0.338 e. The first kappa shape index (κ1) is 15.1. The summed E-state index contributed by atoms with van der Waals surface area (Å²) in [5.74, 6) is -1.75. The number of hydrogen-bond acceptors (Lipinski definition) is 5. The largest absolute Gasteiger partial charge is 0.504 e. The van der Waals surface area contributed by atoms with Gasteiger partial charge in [-0.2, -0.15) is 0 Å². The van der Waals surface area contributed by atoms with Gasteiger partial charge in [0.05, 0.1) is 12.2 Å². The van der Waals surface area contributed by atoms with E-state index in [4.69, 9.17) is 9.84 Å². The molecule has 0 amide bonds. The highest BCUT2D eigenvalue weighted by Crippen LogP contribution is 2.35. The van der Waals surface area contributed by atoms with Gasteiger partial charge in [0.2, 0.25) is 0 Å². The Labute approximate surface area is 112 Å². The normalized spacial score (nSPS) is 10.7. The van der Waals surface area contributed by atoms with Crippen molar-refractivity contribution in [2.75, 3.05) is 6.61 Å². The number of benzene rings is 1. The van der Waals surface area contributed by atoms with Gasteiger partial charge >= 0.3 is 5.97 Å².